The van der Waals surface area contributed by atoms with Crippen LogP contribution in [0.1, 0.15) is 12.0 Å². The van der Waals surface area contributed by atoms with E-state index in [0.717, 1.165) is 28.5 Å². The van der Waals surface area contributed by atoms with Crippen molar-refractivity contribution in [2.45, 2.75) is 25.2 Å². The van der Waals surface area contributed by atoms with Crippen molar-refractivity contribution in [3.63, 3.8) is 0 Å². The molecule has 0 saturated heterocycles. The van der Waals surface area contributed by atoms with Crippen molar-refractivity contribution in [3.8, 4) is 11.8 Å². The number of amides is 1. The summed E-state index contributed by atoms with van der Waals surface area (Å²) in [6.45, 7) is 0.200. The fraction of sp³-hybridized carbons (Fsp3) is 0.208. The molecule has 0 heterocycles. The van der Waals surface area contributed by atoms with Gasteiger partial charge in [0.1, 0.15) is 11.8 Å². The Morgan fingerprint density at radius 2 is 1.76 bits per heavy atom. The quantitative estimate of drug-likeness (QED) is 0.317. The van der Waals surface area contributed by atoms with Crippen molar-refractivity contribution in [2.75, 3.05) is 11.9 Å². The Hall–Kier alpha value is -3.84. The van der Waals surface area contributed by atoms with Crippen LogP contribution in [0.3, 0.4) is 0 Å². The number of hydrogen-bond donors (Lipinski definition) is 3. The third-order valence-electron chi connectivity index (χ3n) is 4.76. The lowest BCUT2D eigenvalue weighted by Crippen LogP contribution is -2.49. The van der Waals surface area contributed by atoms with Gasteiger partial charge in [-0.3, -0.25) is 4.79 Å². The molecule has 1 unspecified atom stereocenters. The highest BCUT2D eigenvalue weighted by atomic mass is 32.1. The number of thiocarbonyl (C=S) groups is 1. The summed E-state index contributed by atoms with van der Waals surface area (Å²) >= 11 is 5.31. The molecule has 34 heavy (non-hydrogen) atoms. The fourth-order valence-corrected chi connectivity index (χ4v) is 3.50. The number of carbonyl (C=O) groups excluding carboxylic acids is 1. The Balaban J connectivity index is 1.69. The highest BCUT2D eigenvalue weighted by Crippen LogP contribution is 2.24. The number of rotatable bonds is 8. The molecule has 0 fully saturated rings. The molecule has 0 aliphatic heterocycles. The summed E-state index contributed by atoms with van der Waals surface area (Å²) in [5.74, 6) is -0.690. The van der Waals surface area contributed by atoms with Crippen LogP contribution in [-0.2, 0) is 11.2 Å². The molecule has 1 atom stereocenters. The number of nitrogens with zero attached hydrogens (tertiary/aromatic N) is 1. The van der Waals surface area contributed by atoms with E-state index in [1.165, 1.54) is 12.1 Å². The van der Waals surface area contributed by atoms with Crippen LogP contribution in [0.15, 0.2) is 66.7 Å². The lowest BCUT2D eigenvalue weighted by atomic mass is 10.0. The van der Waals surface area contributed by atoms with Gasteiger partial charge in [-0.25, -0.2) is 0 Å². The number of anilines is 1. The van der Waals surface area contributed by atoms with Crippen LogP contribution >= 0.6 is 12.2 Å². The number of nitrogens with one attached hydrogen (secondary N) is 3. The van der Waals surface area contributed by atoms with Gasteiger partial charge in [0.05, 0.1) is 12.5 Å². The number of hydrogen-bond acceptors (Lipinski definition) is 4. The summed E-state index contributed by atoms with van der Waals surface area (Å²) in [5, 5.41) is 19.5. The zero-order chi connectivity index (χ0) is 24.6. The molecule has 0 aromatic heterocycles. The Kier molecular flexibility index (Phi) is 8.27. The van der Waals surface area contributed by atoms with Crippen LogP contribution in [0.4, 0.5) is 18.9 Å². The normalized spacial score (nSPS) is 11.8. The van der Waals surface area contributed by atoms with Crippen LogP contribution in [0.25, 0.3) is 10.8 Å². The third-order valence-corrected chi connectivity index (χ3v) is 4.98. The molecule has 0 bridgehead atoms. The Bertz CT molecular complexity index is 1190. The number of halogens is 3. The molecular formula is C24H21F3N4O2S. The number of ether oxygens (including phenoxy) is 1. The maximum absolute atomic E-state index is 12.8. The first-order valence-electron chi connectivity index (χ1n) is 10.3. The van der Waals surface area contributed by atoms with Gasteiger partial charge >= 0.3 is 6.36 Å². The average molecular weight is 487 g/mol. The summed E-state index contributed by atoms with van der Waals surface area (Å²) in [5.41, 5.74) is 1.32. The third kappa shape index (κ3) is 7.64. The maximum Gasteiger partial charge on any atom is 0.573 e. The number of benzene rings is 3. The lowest BCUT2D eigenvalue weighted by molar-refractivity contribution is -0.274. The summed E-state index contributed by atoms with van der Waals surface area (Å²) < 4.78 is 40.8. The average Bonchev–Trinajstić information content (AvgIpc) is 2.79. The summed E-state index contributed by atoms with van der Waals surface area (Å²) in [4.78, 5) is 12.8. The fourth-order valence-electron chi connectivity index (χ4n) is 3.24. The minimum absolute atomic E-state index is 0.116. The van der Waals surface area contributed by atoms with Crippen LogP contribution in [0.5, 0.6) is 5.75 Å². The van der Waals surface area contributed by atoms with Crippen LogP contribution < -0.4 is 20.7 Å². The molecule has 0 aliphatic carbocycles. The number of fused-ring (bicyclic) bond motifs is 1. The van der Waals surface area contributed by atoms with E-state index in [1.54, 1.807) is 0 Å². The van der Waals surface area contributed by atoms with Gasteiger partial charge in [-0.2, -0.15) is 5.26 Å². The van der Waals surface area contributed by atoms with Crippen molar-refractivity contribution >= 4 is 39.7 Å². The van der Waals surface area contributed by atoms with Crippen molar-refractivity contribution in [2.24, 2.45) is 0 Å². The molecule has 0 saturated carbocycles. The van der Waals surface area contributed by atoms with E-state index in [4.69, 9.17) is 17.5 Å². The molecule has 0 spiro atoms. The first-order chi connectivity index (χ1) is 16.2. The number of nitriles is 1. The molecule has 3 rings (SSSR count). The van der Waals surface area contributed by atoms with Crippen molar-refractivity contribution in [1.29, 1.82) is 5.26 Å². The van der Waals surface area contributed by atoms with Crippen molar-refractivity contribution in [1.82, 2.24) is 10.6 Å². The first-order valence-corrected chi connectivity index (χ1v) is 10.7. The van der Waals surface area contributed by atoms with E-state index >= 15 is 0 Å². The van der Waals surface area contributed by atoms with Gasteiger partial charge in [-0.15, -0.1) is 13.2 Å². The second-order valence-corrected chi connectivity index (χ2v) is 7.72. The van der Waals surface area contributed by atoms with E-state index in [2.05, 4.69) is 20.7 Å². The van der Waals surface area contributed by atoms with Crippen molar-refractivity contribution in [3.05, 3.63) is 72.3 Å². The highest BCUT2D eigenvalue weighted by molar-refractivity contribution is 7.80. The first kappa shape index (κ1) is 24.8. The predicted molar refractivity (Wildman–Crippen MR) is 127 cm³/mol. The van der Waals surface area contributed by atoms with Gasteiger partial charge < -0.3 is 20.7 Å². The second kappa shape index (κ2) is 11.3. The summed E-state index contributed by atoms with van der Waals surface area (Å²) in [6.07, 6.45) is -4.28. The second-order valence-electron chi connectivity index (χ2n) is 7.31. The predicted octanol–water partition coefficient (Wildman–Crippen LogP) is 4.67. The molecular weight excluding hydrogens is 465 g/mol. The molecule has 10 heteroatoms. The van der Waals surface area contributed by atoms with E-state index < -0.39 is 12.4 Å². The minimum atomic E-state index is -4.78. The molecule has 3 N–H and O–H groups in total. The van der Waals surface area contributed by atoms with Gasteiger partial charge in [-0.1, -0.05) is 42.5 Å². The molecule has 3 aromatic carbocycles. The van der Waals surface area contributed by atoms with Crippen LogP contribution in [0.2, 0.25) is 0 Å². The van der Waals surface area contributed by atoms with Crippen molar-refractivity contribution < 1.29 is 22.7 Å². The van der Waals surface area contributed by atoms with E-state index in [9.17, 15) is 18.0 Å². The molecule has 3 aromatic rings. The SMILES string of the molecule is N#CCCNC(=O)C(Cc1ccc2ccccc2c1)NC(=S)Nc1ccc(OC(F)(F)F)cc1. The Morgan fingerprint density at radius 3 is 2.44 bits per heavy atom. The van der Waals surface area contributed by atoms with Gasteiger partial charge in [0.2, 0.25) is 5.91 Å². The zero-order valence-electron chi connectivity index (χ0n) is 17.9. The topological polar surface area (TPSA) is 86.2 Å². The highest BCUT2D eigenvalue weighted by Gasteiger charge is 2.31. The largest absolute Gasteiger partial charge is 0.573 e. The zero-order valence-corrected chi connectivity index (χ0v) is 18.7. The molecule has 0 radical (unpaired) electrons. The minimum Gasteiger partial charge on any atom is -0.406 e. The molecule has 0 aliphatic rings. The molecule has 176 valence electrons. The number of alkyl halides is 3. The van der Waals surface area contributed by atoms with Gasteiger partial charge in [0.15, 0.2) is 5.11 Å². The Morgan fingerprint density at radius 1 is 1.06 bits per heavy atom. The van der Waals surface area contributed by atoms with E-state index in [-0.39, 0.29) is 29.7 Å². The van der Waals surface area contributed by atoms with Gasteiger partial charge in [0, 0.05) is 18.7 Å². The Labute approximate surface area is 199 Å². The van der Waals surface area contributed by atoms with E-state index in [0.29, 0.717) is 12.1 Å². The van der Waals surface area contributed by atoms with Crippen LogP contribution in [-0.4, -0.2) is 30.0 Å². The standard InChI is InChI=1S/C24H21F3N4O2S/c25-24(26,27)33-20-10-8-19(9-11-20)30-23(34)31-21(22(32)29-13-3-12-28)15-16-6-7-17-4-1-2-5-18(17)14-16/h1-2,4-11,14,21H,3,13,15H2,(H,29,32)(H2,30,31,34). The smallest absolute Gasteiger partial charge is 0.406 e. The van der Waals surface area contributed by atoms with Gasteiger partial charge in [0.25, 0.3) is 0 Å². The van der Waals surface area contributed by atoms with E-state index in [1.807, 2.05) is 48.5 Å². The number of carbonyl (C=O) groups is 1. The van der Waals surface area contributed by atoms with Gasteiger partial charge in [-0.05, 0) is 52.8 Å². The maximum atomic E-state index is 12.8. The van der Waals surface area contributed by atoms with Crippen LogP contribution in [0, 0.1) is 11.3 Å². The summed E-state index contributed by atoms with van der Waals surface area (Å²) in [6, 6.07) is 20.0. The lowest BCUT2D eigenvalue weighted by Gasteiger charge is -2.21. The molecule has 6 nitrogen and oxygen atoms in total. The monoisotopic (exact) mass is 486 g/mol. The summed E-state index contributed by atoms with van der Waals surface area (Å²) in [7, 11) is 0. The molecule has 1 amide bonds.